The average Bonchev–Trinajstić information content (AvgIpc) is 3.11. The Kier molecular flexibility index (Phi) is 3.97. The molecule has 0 radical (unpaired) electrons. The molecule has 0 bridgehead atoms. The second-order valence-electron chi connectivity index (χ2n) is 5.22. The van der Waals surface area contributed by atoms with Gasteiger partial charge in [0.25, 0.3) is 0 Å². The van der Waals surface area contributed by atoms with E-state index >= 15 is 0 Å². The molecule has 0 amide bonds. The number of rotatable bonds is 5. The second kappa shape index (κ2) is 6.05. The van der Waals surface area contributed by atoms with Crippen LogP contribution in [0.15, 0.2) is 30.9 Å². The molecule has 0 aromatic carbocycles. The van der Waals surface area contributed by atoms with Crippen molar-refractivity contribution in [1.29, 1.82) is 0 Å². The molecule has 2 aromatic rings. The van der Waals surface area contributed by atoms with Crippen LogP contribution < -0.4 is 5.73 Å². The topological polar surface area (TPSA) is 66.0 Å². The summed E-state index contributed by atoms with van der Waals surface area (Å²) >= 11 is 0. The largest absolute Gasteiger partial charge is 0.384 e. The maximum absolute atomic E-state index is 5.90. The summed E-state index contributed by atoms with van der Waals surface area (Å²) in [5.74, 6) is 0.532. The zero-order valence-corrected chi connectivity index (χ0v) is 11.5. The summed E-state index contributed by atoms with van der Waals surface area (Å²) in [5, 5.41) is 0. The molecule has 3 rings (SSSR count). The van der Waals surface area contributed by atoms with Gasteiger partial charge in [0.15, 0.2) is 0 Å². The fraction of sp³-hybridized carbons (Fsp3) is 0.467. The first-order chi connectivity index (χ1) is 9.83. The van der Waals surface area contributed by atoms with E-state index < -0.39 is 0 Å². The predicted octanol–water partition coefficient (Wildman–Crippen LogP) is 2.49. The van der Waals surface area contributed by atoms with Crippen LogP contribution in [-0.2, 0) is 11.3 Å². The zero-order chi connectivity index (χ0) is 13.8. The SMILES string of the molecule is Nc1ccc(-c2cncn2CCOC2CCCC2)cn1. The third-order valence-corrected chi connectivity index (χ3v) is 3.78. The first-order valence-electron chi connectivity index (χ1n) is 7.16. The van der Waals surface area contributed by atoms with Crippen molar-refractivity contribution in [3.8, 4) is 11.3 Å². The van der Waals surface area contributed by atoms with Gasteiger partial charge in [-0.25, -0.2) is 9.97 Å². The number of nitrogen functional groups attached to an aromatic ring is 1. The minimum atomic E-state index is 0.458. The first-order valence-corrected chi connectivity index (χ1v) is 7.16. The van der Waals surface area contributed by atoms with Crippen LogP contribution >= 0.6 is 0 Å². The first kappa shape index (κ1) is 13.1. The number of ether oxygens (including phenoxy) is 1. The Bertz CT molecular complexity index is 543. The van der Waals surface area contributed by atoms with Crippen LogP contribution in [0.5, 0.6) is 0 Å². The van der Waals surface area contributed by atoms with Gasteiger partial charge in [-0.2, -0.15) is 0 Å². The number of imidazole rings is 1. The third kappa shape index (κ3) is 2.99. The van der Waals surface area contributed by atoms with Crippen LogP contribution in [0.25, 0.3) is 11.3 Å². The van der Waals surface area contributed by atoms with Gasteiger partial charge in [0.05, 0.1) is 30.9 Å². The quantitative estimate of drug-likeness (QED) is 0.908. The lowest BCUT2D eigenvalue weighted by molar-refractivity contribution is 0.0531. The minimum absolute atomic E-state index is 0.458. The Labute approximate surface area is 118 Å². The van der Waals surface area contributed by atoms with Gasteiger partial charge in [-0.15, -0.1) is 0 Å². The third-order valence-electron chi connectivity index (χ3n) is 3.78. The highest BCUT2D eigenvalue weighted by Gasteiger charge is 2.15. The molecule has 0 saturated heterocycles. The van der Waals surface area contributed by atoms with Crippen molar-refractivity contribution in [1.82, 2.24) is 14.5 Å². The summed E-state index contributed by atoms with van der Waals surface area (Å²) in [6.07, 6.45) is 10.9. The summed E-state index contributed by atoms with van der Waals surface area (Å²) in [7, 11) is 0. The Balaban J connectivity index is 1.62. The number of anilines is 1. The lowest BCUT2D eigenvalue weighted by Crippen LogP contribution is -2.13. The minimum Gasteiger partial charge on any atom is -0.384 e. The lowest BCUT2D eigenvalue weighted by atomic mass is 10.2. The maximum atomic E-state index is 5.90. The Morgan fingerprint density at radius 2 is 2.10 bits per heavy atom. The fourth-order valence-corrected chi connectivity index (χ4v) is 2.67. The average molecular weight is 272 g/mol. The normalized spacial score (nSPS) is 15.8. The molecular formula is C15H20N4O. The van der Waals surface area contributed by atoms with Gasteiger partial charge < -0.3 is 15.0 Å². The van der Waals surface area contributed by atoms with Crippen molar-refractivity contribution in [3.05, 3.63) is 30.9 Å². The summed E-state index contributed by atoms with van der Waals surface area (Å²) < 4.78 is 8.00. The molecule has 20 heavy (non-hydrogen) atoms. The molecule has 5 heteroatoms. The molecule has 5 nitrogen and oxygen atoms in total. The van der Waals surface area contributed by atoms with Gasteiger partial charge in [0.2, 0.25) is 0 Å². The fourth-order valence-electron chi connectivity index (χ4n) is 2.67. The number of nitrogens with zero attached hydrogens (tertiary/aromatic N) is 3. The van der Waals surface area contributed by atoms with Crippen molar-refractivity contribution in [2.45, 2.75) is 38.3 Å². The van der Waals surface area contributed by atoms with Crippen LogP contribution in [0.4, 0.5) is 5.82 Å². The number of nitrogens with two attached hydrogens (primary N) is 1. The van der Waals surface area contributed by atoms with E-state index in [1.165, 1.54) is 25.7 Å². The molecule has 2 N–H and O–H groups in total. The van der Waals surface area contributed by atoms with Gasteiger partial charge >= 0.3 is 0 Å². The van der Waals surface area contributed by atoms with Crippen LogP contribution in [-0.4, -0.2) is 27.2 Å². The van der Waals surface area contributed by atoms with Crippen molar-refractivity contribution in [3.63, 3.8) is 0 Å². The van der Waals surface area contributed by atoms with Gasteiger partial charge in [0.1, 0.15) is 5.82 Å². The molecule has 106 valence electrons. The Morgan fingerprint density at radius 3 is 2.85 bits per heavy atom. The van der Waals surface area contributed by atoms with E-state index in [1.807, 2.05) is 24.7 Å². The van der Waals surface area contributed by atoms with E-state index in [-0.39, 0.29) is 0 Å². The highest BCUT2D eigenvalue weighted by atomic mass is 16.5. The molecule has 0 unspecified atom stereocenters. The van der Waals surface area contributed by atoms with Crippen molar-refractivity contribution < 1.29 is 4.74 Å². The molecule has 0 atom stereocenters. The second-order valence-corrected chi connectivity index (χ2v) is 5.22. The van der Waals surface area contributed by atoms with Crippen LogP contribution in [0.1, 0.15) is 25.7 Å². The number of pyridine rings is 1. The van der Waals surface area contributed by atoms with Gasteiger partial charge in [0, 0.05) is 18.3 Å². The molecule has 1 aliphatic rings. The molecule has 1 saturated carbocycles. The highest BCUT2D eigenvalue weighted by molar-refractivity contribution is 5.59. The van der Waals surface area contributed by atoms with Gasteiger partial charge in [-0.3, -0.25) is 0 Å². The molecule has 0 spiro atoms. The lowest BCUT2D eigenvalue weighted by Gasteiger charge is -2.13. The molecule has 1 aliphatic carbocycles. The van der Waals surface area contributed by atoms with Crippen LogP contribution in [0, 0.1) is 0 Å². The molecular weight excluding hydrogens is 252 g/mol. The molecule has 0 aliphatic heterocycles. The van der Waals surface area contributed by atoms with Crippen molar-refractivity contribution >= 4 is 5.82 Å². The summed E-state index contributed by atoms with van der Waals surface area (Å²) in [5.41, 5.74) is 7.69. The maximum Gasteiger partial charge on any atom is 0.123 e. The van der Waals surface area contributed by atoms with E-state index in [2.05, 4.69) is 14.5 Å². The van der Waals surface area contributed by atoms with E-state index in [0.29, 0.717) is 11.9 Å². The highest BCUT2D eigenvalue weighted by Crippen LogP contribution is 2.22. The van der Waals surface area contributed by atoms with Gasteiger partial charge in [-0.1, -0.05) is 12.8 Å². The van der Waals surface area contributed by atoms with E-state index in [0.717, 1.165) is 24.4 Å². The van der Waals surface area contributed by atoms with E-state index in [1.54, 1.807) is 6.20 Å². The summed E-state index contributed by atoms with van der Waals surface area (Å²) in [4.78, 5) is 8.34. The number of hydrogen-bond acceptors (Lipinski definition) is 4. The van der Waals surface area contributed by atoms with Crippen LogP contribution in [0.2, 0.25) is 0 Å². The van der Waals surface area contributed by atoms with Crippen LogP contribution in [0.3, 0.4) is 0 Å². The predicted molar refractivity (Wildman–Crippen MR) is 78.1 cm³/mol. The molecule has 2 aromatic heterocycles. The Hall–Kier alpha value is -1.88. The smallest absolute Gasteiger partial charge is 0.123 e. The summed E-state index contributed by atoms with van der Waals surface area (Å²) in [6.45, 7) is 1.55. The Morgan fingerprint density at radius 1 is 1.25 bits per heavy atom. The molecule has 1 fully saturated rings. The summed E-state index contributed by atoms with van der Waals surface area (Å²) in [6, 6.07) is 3.77. The van der Waals surface area contributed by atoms with E-state index in [4.69, 9.17) is 10.5 Å². The molecule has 2 heterocycles. The van der Waals surface area contributed by atoms with Gasteiger partial charge in [-0.05, 0) is 25.0 Å². The van der Waals surface area contributed by atoms with Crippen molar-refractivity contribution in [2.24, 2.45) is 0 Å². The van der Waals surface area contributed by atoms with Crippen molar-refractivity contribution in [2.75, 3.05) is 12.3 Å². The number of hydrogen-bond donors (Lipinski definition) is 1. The zero-order valence-electron chi connectivity index (χ0n) is 11.5. The monoisotopic (exact) mass is 272 g/mol. The van der Waals surface area contributed by atoms with E-state index in [9.17, 15) is 0 Å². The number of aromatic nitrogens is 3. The standard InChI is InChI=1S/C15H20N4O/c16-15-6-5-12(9-18-15)14-10-17-11-19(14)7-8-20-13-3-1-2-4-13/h5-6,9-11,13H,1-4,7-8H2,(H2,16,18).